The van der Waals surface area contributed by atoms with Crippen molar-refractivity contribution in [3.8, 4) is 5.75 Å². The molecule has 130 valence electrons. The quantitative estimate of drug-likeness (QED) is 0.452. The Labute approximate surface area is 147 Å². The molecule has 1 saturated carbocycles. The molecule has 1 aliphatic rings. The highest BCUT2D eigenvalue weighted by molar-refractivity contribution is 5.96. The Morgan fingerprint density at radius 1 is 1.08 bits per heavy atom. The van der Waals surface area contributed by atoms with Crippen LogP contribution in [-0.2, 0) is 9.53 Å². The Hall–Kier alpha value is -2.62. The molecule has 4 heteroatoms. The maximum absolute atomic E-state index is 12.2. The Balaban J connectivity index is 1.70. The first kappa shape index (κ1) is 17.2. The number of hydrogen-bond donors (Lipinski definition) is 0. The van der Waals surface area contributed by atoms with E-state index in [2.05, 4.69) is 6.58 Å². The molecule has 0 unspecified atom stereocenters. The van der Waals surface area contributed by atoms with Gasteiger partial charge in [-0.25, -0.2) is 9.59 Å². The predicted octanol–water partition coefficient (Wildman–Crippen LogP) is 4.67. The molecule has 0 heterocycles. The standard InChI is InChI=1S/C21H22O4/c1-14(2)20(22)25-19-10-9-16-11-18(8-7-17(16)12-19)21(23)24-13-15-5-3-4-6-15/h7-12,15H,1,3-6,13H2,2H3. The highest BCUT2D eigenvalue weighted by Gasteiger charge is 2.17. The lowest BCUT2D eigenvalue weighted by Gasteiger charge is -2.10. The third kappa shape index (κ3) is 4.27. The molecule has 0 radical (unpaired) electrons. The molecule has 0 bridgehead atoms. The van der Waals surface area contributed by atoms with Crippen molar-refractivity contribution in [1.82, 2.24) is 0 Å². The van der Waals surface area contributed by atoms with Crippen molar-refractivity contribution in [3.05, 3.63) is 54.1 Å². The summed E-state index contributed by atoms with van der Waals surface area (Å²) in [5, 5.41) is 1.78. The summed E-state index contributed by atoms with van der Waals surface area (Å²) in [4.78, 5) is 23.8. The van der Waals surface area contributed by atoms with E-state index in [4.69, 9.17) is 9.47 Å². The monoisotopic (exact) mass is 338 g/mol. The number of rotatable bonds is 5. The number of benzene rings is 2. The second-order valence-corrected chi connectivity index (χ2v) is 6.64. The summed E-state index contributed by atoms with van der Waals surface area (Å²) < 4.78 is 10.7. The van der Waals surface area contributed by atoms with Crippen molar-refractivity contribution in [2.24, 2.45) is 5.92 Å². The minimum atomic E-state index is -0.452. The molecule has 3 rings (SSSR count). The van der Waals surface area contributed by atoms with E-state index in [1.165, 1.54) is 12.8 Å². The summed E-state index contributed by atoms with van der Waals surface area (Å²) in [5.74, 6) is 0.227. The van der Waals surface area contributed by atoms with Crippen LogP contribution in [0.1, 0.15) is 43.0 Å². The topological polar surface area (TPSA) is 52.6 Å². The summed E-state index contributed by atoms with van der Waals surface area (Å²) >= 11 is 0. The van der Waals surface area contributed by atoms with Gasteiger partial charge in [0.25, 0.3) is 0 Å². The Morgan fingerprint density at radius 2 is 1.76 bits per heavy atom. The maximum atomic E-state index is 12.2. The zero-order valence-electron chi connectivity index (χ0n) is 14.4. The number of esters is 2. The Bertz CT molecular complexity index is 816. The van der Waals surface area contributed by atoms with Gasteiger partial charge < -0.3 is 9.47 Å². The summed E-state index contributed by atoms with van der Waals surface area (Å²) in [6.45, 7) is 5.68. The number of hydrogen-bond acceptors (Lipinski definition) is 4. The largest absolute Gasteiger partial charge is 0.462 e. The van der Waals surface area contributed by atoms with E-state index < -0.39 is 5.97 Å². The second kappa shape index (κ2) is 7.51. The van der Waals surface area contributed by atoms with Gasteiger partial charge >= 0.3 is 11.9 Å². The Morgan fingerprint density at radius 3 is 2.48 bits per heavy atom. The molecule has 1 fully saturated rings. The van der Waals surface area contributed by atoms with Crippen LogP contribution in [0, 0.1) is 5.92 Å². The number of carbonyl (C=O) groups is 2. The van der Waals surface area contributed by atoms with Gasteiger partial charge in [0, 0.05) is 5.57 Å². The van der Waals surface area contributed by atoms with Crippen LogP contribution in [0.3, 0.4) is 0 Å². The zero-order valence-corrected chi connectivity index (χ0v) is 14.4. The molecular formula is C21H22O4. The fourth-order valence-electron chi connectivity index (χ4n) is 3.06. The van der Waals surface area contributed by atoms with Gasteiger partial charge in [-0.15, -0.1) is 0 Å². The molecule has 0 atom stereocenters. The maximum Gasteiger partial charge on any atom is 0.338 e. The SMILES string of the molecule is C=C(C)C(=O)Oc1ccc2cc(C(=O)OCC3CCCC3)ccc2c1. The van der Waals surface area contributed by atoms with Crippen LogP contribution in [0.25, 0.3) is 10.8 Å². The van der Waals surface area contributed by atoms with E-state index in [1.807, 2.05) is 12.1 Å². The van der Waals surface area contributed by atoms with Gasteiger partial charge in [-0.05, 0) is 60.7 Å². The average Bonchev–Trinajstić information content (AvgIpc) is 3.12. The van der Waals surface area contributed by atoms with E-state index in [0.29, 0.717) is 29.4 Å². The highest BCUT2D eigenvalue weighted by atomic mass is 16.5. The second-order valence-electron chi connectivity index (χ2n) is 6.64. The molecular weight excluding hydrogens is 316 g/mol. The molecule has 0 aromatic heterocycles. The van der Waals surface area contributed by atoms with Crippen molar-refractivity contribution in [3.63, 3.8) is 0 Å². The minimum Gasteiger partial charge on any atom is -0.462 e. The van der Waals surface area contributed by atoms with Gasteiger partial charge in [-0.3, -0.25) is 0 Å². The molecule has 2 aromatic carbocycles. The molecule has 0 aliphatic heterocycles. The molecule has 2 aromatic rings. The van der Waals surface area contributed by atoms with Crippen molar-refractivity contribution in [2.75, 3.05) is 6.61 Å². The van der Waals surface area contributed by atoms with Crippen LogP contribution < -0.4 is 4.74 Å². The highest BCUT2D eigenvalue weighted by Crippen LogP contribution is 2.26. The van der Waals surface area contributed by atoms with Gasteiger partial charge in [0.1, 0.15) is 5.75 Å². The zero-order chi connectivity index (χ0) is 17.8. The molecule has 0 amide bonds. The molecule has 1 aliphatic carbocycles. The lowest BCUT2D eigenvalue weighted by atomic mass is 10.1. The molecule has 25 heavy (non-hydrogen) atoms. The summed E-state index contributed by atoms with van der Waals surface area (Å²) in [5.41, 5.74) is 0.887. The van der Waals surface area contributed by atoms with Crippen molar-refractivity contribution >= 4 is 22.7 Å². The van der Waals surface area contributed by atoms with Crippen LogP contribution in [0.5, 0.6) is 5.75 Å². The van der Waals surface area contributed by atoms with E-state index in [1.54, 1.807) is 31.2 Å². The van der Waals surface area contributed by atoms with Crippen molar-refractivity contribution < 1.29 is 19.1 Å². The number of ether oxygens (including phenoxy) is 2. The van der Waals surface area contributed by atoms with E-state index in [-0.39, 0.29) is 5.97 Å². The van der Waals surface area contributed by atoms with Gasteiger partial charge in [0.2, 0.25) is 0 Å². The normalized spacial score (nSPS) is 14.4. The predicted molar refractivity (Wildman–Crippen MR) is 96.6 cm³/mol. The average molecular weight is 338 g/mol. The fourth-order valence-corrected chi connectivity index (χ4v) is 3.06. The van der Waals surface area contributed by atoms with Crippen LogP contribution >= 0.6 is 0 Å². The first-order valence-corrected chi connectivity index (χ1v) is 8.61. The molecule has 4 nitrogen and oxygen atoms in total. The van der Waals surface area contributed by atoms with Crippen LogP contribution in [0.4, 0.5) is 0 Å². The Kier molecular flexibility index (Phi) is 5.17. The summed E-state index contributed by atoms with van der Waals surface area (Å²) in [6.07, 6.45) is 4.76. The van der Waals surface area contributed by atoms with E-state index in [9.17, 15) is 9.59 Å². The van der Waals surface area contributed by atoms with E-state index >= 15 is 0 Å². The first-order valence-electron chi connectivity index (χ1n) is 8.61. The van der Waals surface area contributed by atoms with Crippen molar-refractivity contribution in [1.29, 1.82) is 0 Å². The third-order valence-electron chi connectivity index (χ3n) is 4.53. The van der Waals surface area contributed by atoms with Gasteiger partial charge in [-0.2, -0.15) is 0 Å². The third-order valence-corrected chi connectivity index (χ3v) is 4.53. The lowest BCUT2D eigenvalue weighted by molar-refractivity contribution is -0.130. The van der Waals surface area contributed by atoms with Crippen molar-refractivity contribution in [2.45, 2.75) is 32.6 Å². The molecule has 0 N–H and O–H groups in total. The number of carbonyl (C=O) groups excluding carboxylic acids is 2. The summed E-state index contributed by atoms with van der Waals surface area (Å²) in [6, 6.07) is 10.7. The van der Waals surface area contributed by atoms with Crippen LogP contribution in [0.2, 0.25) is 0 Å². The summed E-state index contributed by atoms with van der Waals surface area (Å²) in [7, 11) is 0. The lowest BCUT2D eigenvalue weighted by Crippen LogP contribution is -2.12. The van der Waals surface area contributed by atoms with Crippen LogP contribution in [0.15, 0.2) is 48.6 Å². The molecule has 0 saturated heterocycles. The van der Waals surface area contributed by atoms with Gasteiger partial charge in [-0.1, -0.05) is 31.6 Å². The minimum absolute atomic E-state index is 0.286. The van der Waals surface area contributed by atoms with Gasteiger partial charge in [0.05, 0.1) is 12.2 Å². The van der Waals surface area contributed by atoms with E-state index in [0.717, 1.165) is 23.6 Å². The van der Waals surface area contributed by atoms with Crippen LogP contribution in [-0.4, -0.2) is 18.5 Å². The molecule has 0 spiro atoms. The smallest absolute Gasteiger partial charge is 0.338 e. The van der Waals surface area contributed by atoms with Gasteiger partial charge in [0.15, 0.2) is 0 Å². The fraction of sp³-hybridized carbons (Fsp3) is 0.333. The number of fused-ring (bicyclic) bond motifs is 1. The first-order chi connectivity index (χ1) is 12.0.